The molecule has 1 unspecified atom stereocenters. The van der Waals surface area contributed by atoms with Gasteiger partial charge in [0, 0.05) is 6.54 Å². The molecule has 0 amide bonds. The monoisotopic (exact) mass is 254 g/mol. The van der Waals surface area contributed by atoms with E-state index in [1.165, 1.54) is 18.6 Å². The average molecular weight is 254 g/mol. The Balaban J connectivity index is 2.44. The van der Waals surface area contributed by atoms with Crippen LogP contribution in [0.3, 0.4) is 0 Å². The van der Waals surface area contributed by atoms with Crippen LogP contribution >= 0.6 is 0 Å². The first-order valence-electron chi connectivity index (χ1n) is 6.46. The number of benzene rings is 1. The predicted octanol–water partition coefficient (Wildman–Crippen LogP) is 2.56. The van der Waals surface area contributed by atoms with Crippen molar-refractivity contribution in [3.05, 3.63) is 29.6 Å². The van der Waals surface area contributed by atoms with Gasteiger partial charge in [0.25, 0.3) is 0 Å². The molecule has 0 spiro atoms. The second-order valence-corrected chi connectivity index (χ2v) is 4.74. The fraction of sp³-hybridized carbons (Fsp3) is 0.571. The van der Waals surface area contributed by atoms with Gasteiger partial charge >= 0.3 is 0 Å². The number of anilines is 1. The van der Waals surface area contributed by atoms with Crippen molar-refractivity contribution in [3.8, 4) is 0 Å². The van der Waals surface area contributed by atoms with Gasteiger partial charge < -0.3 is 15.7 Å². The van der Waals surface area contributed by atoms with Crippen molar-refractivity contribution in [2.75, 3.05) is 25.9 Å². The van der Waals surface area contributed by atoms with Crippen LogP contribution in [0.15, 0.2) is 18.2 Å². The molecule has 102 valence electrons. The molecule has 0 aliphatic heterocycles. The molecular weight excluding hydrogens is 231 g/mol. The molecule has 0 saturated carbocycles. The van der Waals surface area contributed by atoms with Gasteiger partial charge in [-0.2, -0.15) is 0 Å². The molecule has 1 aromatic rings. The van der Waals surface area contributed by atoms with Gasteiger partial charge in [-0.25, -0.2) is 4.39 Å². The molecule has 0 bridgehead atoms. The number of rotatable bonds is 7. The van der Waals surface area contributed by atoms with Crippen LogP contribution < -0.4 is 5.73 Å². The van der Waals surface area contributed by atoms with Crippen LogP contribution in [-0.2, 0) is 0 Å². The van der Waals surface area contributed by atoms with Crippen molar-refractivity contribution >= 4 is 5.69 Å². The number of halogens is 1. The Bertz CT molecular complexity index is 371. The van der Waals surface area contributed by atoms with E-state index in [-0.39, 0.29) is 5.69 Å². The van der Waals surface area contributed by atoms with E-state index in [0.717, 1.165) is 19.5 Å². The van der Waals surface area contributed by atoms with Crippen LogP contribution in [0.1, 0.15) is 37.9 Å². The summed E-state index contributed by atoms with van der Waals surface area (Å²) in [6.45, 7) is 4.01. The maximum atomic E-state index is 13.0. The summed E-state index contributed by atoms with van der Waals surface area (Å²) in [6.07, 6.45) is 2.37. The minimum absolute atomic E-state index is 0.0888. The Hall–Kier alpha value is -1.13. The maximum absolute atomic E-state index is 13.0. The van der Waals surface area contributed by atoms with E-state index in [4.69, 9.17) is 5.73 Å². The van der Waals surface area contributed by atoms with E-state index < -0.39 is 11.9 Å². The normalized spacial score (nSPS) is 12.9. The zero-order valence-electron chi connectivity index (χ0n) is 11.2. The number of hydrogen-bond acceptors (Lipinski definition) is 3. The third-order valence-corrected chi connectivity index (χ3v) is 3.08. The number of unbranched alkanes of at least 4 members (excludes halogenated alkanes) is 1. The smallest absolute Gasteiger partial charge is 0.146 e. The van der Waals surface area contributed by atoms with E-state index in [1.807, 2.05) is 7.05 Å². The number of nitrogens with two attached hydrogens (primary N) is 1. The van der Waals surface area contributed by atoms with E-state index in [2.05, 4.69) is 11.8 Å². The van der Waals surface area contributed by atoms with Crippen LogP contribution in [-0.4, -0.2) is 30.1 Å². The number of nitrogens with zero attached hydrogens (tertiary/aromatic N) is 1. The largest absolute Gasteiger partial charge is 0.396 e. The lowest BCUT2D eigenvalue weighted by Crippen LogP contribution is -2.22. The lowest BCUT2D eigenvalue weighted by Gasteiger charge is -2.19. The van der Waals surface area contributed by atoms with Crippen LogP contribution in [0.25, 0.3) is 0 Å². The Kier molecular flexibility index (Phi) is 6.09. The summed E-state index contributed by atoms with van der Waals surface area (Å²) in [6, 6.07) is 4.39. The van der Waals surface area contributed by atoms with Crippen LogP contribution in [0.2, 0.25) is 0 Å². The lowest BCUT2D eigenvalue weighted by atomic mass is 10.1. The first-order valence-corrected chi connectivity index (χ1v) is 6.46. The molecule has 1 aromatic carbocycles. The van der Waals surface area contributed by atoms with Crippen LogP contribution in [0, 0.1) is 5.82 Å². The summed E-state index contributed by atoms with van der Waals surface area (Å²) in [5, 5.41) is 10.0. The van der Waals surface area contributed by atoms with Gasteiger partial charge in [0.2, 0.25) is 0 Å². The molecule has 18 heavy (non-hydrogen) atoms. The van der Waals surface area contributed by atoms with Crippen LogP contribution in [0.4, 0.5) is 10.1 Å². The average Bonchev–Trinajstić information content (AvgIpc) is 2.36. The van der Waals surface area contributed by atoms with Crippen molar-refractivity contribution in [2.24, 2.45) is 0 Å². The third kappa shape index (κ3) is 4.63. The van der Waals surface area contributed by atoms with Gasteiger partial charge in [-0.05, 0) is 44.1 Å². The lowest BCUT2D eigenvalue weighted by molar-refractivity contribution is 0.149. The second kappa shape index (κ2) is 7.34. The molecule has 0 aliphatic carbocycles. The molecule has 0 heterocycles. The molecule has 3 nitrogen and oxygen atoms in total. The van der Waals surface area contributed by atoms with Crippen LogP contribution in [0.5, 0.6) is 0 Å². The third-order valence-electron chi connectivity index (χ3n) is 3.08. The zero-order valence-corrected chi connectivity index (χ0v) is 11.2. The number of nitrogen functional groups attached to an aromatic ring is 1. The standard InChI is InChI=1S/C14H23FN2O/c1-3-4-8-17(2)9-7-14(18)11-5-6-12(15)13(16)10-11/h5-6,10,14,18H,3-4,7-9,16H2,1-2H3. The molecule has 0 aromatic heterocycles. The number of hydrogen-bond donors (Lipinski definition) is 2. The van der Waals surface area contributed by atoms with E-state index in [9.17, 15) is 9.50 Å². The van der Waals surface area contributed by atoms with E-state index >= 15 is 0 Å². The highest BCUT2D eigenvalue weighted by Gasteiger charge is 2.10. The summed E-state index contributed by atoms with van der Waals surface area (Å²) in [4.78, 5) is 2.19. The summed E-state index contributed by atoms with van der Waals surface area (Å²) in [5.74, 6) is -0.439. The van der Waals surface area contributed by atoms with Crippen molar-refractivity contribution in [1.29, 1.82) is 0 Å². The maximum Gasteiger partial charge on any atom is 0.146 e. The highest BCUT2D eigenvalue weighted by Crippen LogP contribution is 2.21. The highest BCUT2D eigenvalue weighted by atomic mass is 19.1. The zero-order chi connectivity index (χ0) is 13.5. The molecule has 0 radical (unpaired) electrons. The first-order chi connectivity index (χ1) is 8.54. The SMILES string of the molecule is CCCCN(C)CCC(O)c1ccc(F)c(N)c1. The Morgan fingerprint density at radius 2 is 2.11 bits per heavy atom. The Morgan fingerprint density at radius 1 is 1.39 bits per heavy atom. The second-order valence-electron chi connectivity index (χ2n) is 4.74. The molecule has 3 N–H and O–H groups in total. The predicted molar refractivity (Wildman–Crippen MR) is 72.8 cm³/mol. The molecule has 1 rings (SSSR count). The molecular formula is C14H23FN2O. The fourth-order valence-electron chi connectivity index (χ4n) is 1.82. The van der Waals surface area contributed by atoms with E-state index in [1.54, 1.807) is 6.07 Å². The van der Waals surface area contributed by atoms with Gasteiger partial charge in [-0.3, -0.25) is 0 Å². The topological polar surface area (TPSA) is 49.5 Å². The summed E-state index contributed by atoms with van der Waals surface area (Å²) < 4.78 is 13.0. The summed E-state index contributed by atoms with van der Waals surface area (Å²) in [7, 11) is 2.04. The summed E-state index contributed by atoms with van der Waals surface area (Å²) >= 11 is 0. The van der Waals surface area contributed by atoms with Gasteiger partial charge in [0.05, 0.1) is 11.8 Å². The van der Waals surface area contributed by atoms with Gasteiger partial charge in [0.15, 0.2) is 0 Å². The first kappa shape index (κ1) is 14.9. The molecule has 0 saturated heterocycles. The van der Waals surface area contributed by atoms with Crippen molar-refractivity contribution in [1.82, 2.24) is 4.90 Å². The molecule has 0 aliphatic rings. The highest BCUT2D eigenvalue weighted by molar-refractivity contribution is 5.43. The van der Waals surface area contributed by atoms with Gasteiger partial charge in [-0.1, -0.05) is 19.4 Å². The van der Waals surface area contributed by atoms with Crippen molar-refractivity contribution < 1.29 is 9.50 Å². The fourth-order valence-corrected chi connectivity index (χ4v) is 1.82. The number of aliphatic hydroxyl groups excluding tert-OH is 1. The van der Waals surface area contributed by atoms with Crippen molar-refractivity contribution in [3.63, 3.8) is 0 Å². The molecule has 0 fully saturated rings. The minimum atomic E-state index is -0.586. The molecule has 4 heteroatoms. The quantitative estimate of drug-likeness (QED) is 0.735. The summed E-state index contributed by atoms with van der Waals surface area (Å²) in [5.41, 5.74) is 6.25. The minimum Gasteiger partial charge on any atom is -0.396 e. The van der Waals surface area contributed by atoms with Gasteiger partial charge in [0.1, 0.15) is 5.82 Å². The Labute approximate surface area is 108 Å². The number of aliphatic hydroxyl groups is 1. The Morgan fingerprint density at radius 3 is 2.72 bits per heavy atom. The van der Waals surface area contributed by atoms with Gasteiger partial charge in [-0.15, -0.1) is 0 Å². The molecule has 1 atom stereocenters. The van der Waals surface area contributed by atoms with Crippen molar-refractivity contribution in [2.45, 2.75) is 32.3 Å². The van der Waals surface area contributed by atoms with E-state index in [0.29, 0.717) is 12.0 Å².